The average molecular weight is 385 g/mol. The first kappa shape index (κ1) is 19.5. The molecule has 148 valence electrons. The second kappa shape index (κ2) is 9.07. The molecule has 8 nitrogen and oxygen atoms in total. The normalized spacial score (nSPS) is 10.7. The van der Waals surface area contributed by atoms with Crippen LogP contribution in [0.5, 0.6) is 11.5 Å². The van der Waals surface area contributed by atoms with Gasteiger partial charge in [-0.05, 0) is 36.8 Å². The molecule has 2 heterocycles. The van der Waals surface area contributed by atoms with Crippen LogP contribution in [0.3, 0.4) is 0 Å². The Morgan fingerprint density at radius 3 is 2.68 bits per heavy atom. The number of aryl methyl sites for hydroxylation is 1. The van der Waals surface area contributed by atoms with Gasteiger partial charge in [0.05, 0.1) is 20.5 Å². The summed E-state index contributed by atoms with van der Waals surface area (Å²) in [6.07, 6.45) is 2.19. The molecule has 0 saturated carbocycles. The molecule has 0 aliphatic rings. The second-order valence-electron chi connectivity index (χ2n) is 6.09. The number of aromatic nitrogens is 2. The number of amides is 1. The second-order valence-corrected chi connectivity index (χ2v) is 6.09. The minimum Gasteiger partial charge on any atom is -0.493 e. The van der Waals surface area contributed by atoms with E-state index in [4.69, 9.17) is 18.4 Å². The topological polar surface area (TPSA) is 90.8 Å². The van der Waals surface area contributed by atoms with Crippen molar-refractivity contribution in [2.24, 2.45) is 0 Å². The molecule has 1 amide bonds. The van der Waals surface area contributed by atoms with Crippen LogP contribution in [-0.2, 0) is 17.8 Å². The maximum absolute atomic E-state index is 12.6. The van der Waals surface area contributed by atoms with E-state index in [1.807, 2.05) is 25.1 Å². The van der Waals surface area contributed by atoms with E-state index in [-0.39, 0.29) is 12.3 Å². The minimum atomic E-state index is 0.00929. The number of methoxy groups -OCH3 is 2. The summed E-state index contributed by atoms with van der Waals surface area (Å²) in [4.78, 5) is 18.7. The van der Waals surface area contributed by atoms with E-state index in [1.54, 1.807) is 37.5 Å². The molecule has 0 fully saturated rings. The molecule has 0 aliphatic heterocycles. The van der Waals surface area contributed by atoms with Crippen LogP contribution in [0.1, 0.15) is 24.8 Å². The van der Waals surface area contributed by atoms with Crippen molar-refractivity contribution >= 4 is 5.91 Å². The van der Waals surface area contributed by atoms with Gasteiger partial charge in [0.2, 0.25) is 17.6 Å². The summed E-state index contributed by atoms with van der Waals surface area (Å²) >= 11 is 0. The van der Waals surface area contributed by atoms with E-state index in [2.05, 4.69) is 10.1 Å². The number of hydrogen-bond donors (Lipinski definition) is 0. The molecule has 0 N–H and O–H groups in total. The van der Waals surface area contributed by atoms with Crippen molar-refractivity contribution in [2.45, 2.75) is 26.3 Å². The van der Waals surface area contributed by atoms with Gasteiger partial charge in [-0.3, -0.25) is 4.79 Å². The van der Waals surface area contributed by atoms with Gasteiger partial charge in [-0.1, -0.05) is 11.2 Å². The van der Waals surface area contributed by atoms with Crippen LogP contribution < -0.4 is 9.47 Å². The molecule has 28 heavy (non-hydrogen) atoms. The van der Waals surface area contributed by atoms with Gasteiger partial charge in [0.25, 0.3) is 0 Å². The highest BCUT2D eigenvalue weighted by Gasteiger charge is 2.16. The first-order valence-electron chi connectivity index (χ1n) is 8.99. The first-order valence-corrected chi connectivity index (χ1v) is 8.99. The summed E-state index contributed by atoms with van der Waals surface area (Å²) in [5.41, 5.74) is 0.964. The van der Waals surface area contributed by atoms with Gasteiger partial charge in [0, 0.05) is 25.9 Å². The summed E-state index contributed by atoms with van der Waals surface area (Å²) < 4.78 is 21.0. The summed E-state index contributed by atoms with van der Waals surface area (Å²) in [6.45, 7) is 3.02. The van der Waals surface area contributed by atoms with Crippen LogP contribution in [0.15, 0.2) is 45.5 Å². The largest absolute Gasteiger partial charge is 0.493 e. The number of carbonyl (C=O) groups excluding carboxylic acids is 1. The first-order chi connectivity index (χ1) is 13.6. The molecule has 0 unspecified atom stereocenters. The lowest BCUT2D eigenvalue weighted by atomic mass is 10.1. The van der Waals surface area contributed by atoms with E-state index in [1.165, 1.54) is 0 Å². The molecule has 2 aromatic heterocycles. The SMILES string of the molecule is CCN(Cc1ccc(OC)c(OC)c1)C(=O)CCc1nc(-c2ccco2)no1. The Bertz CT molecular complexity index is 904. The zero-order chi connectivity index (χ0) is 19.9. The molecule has 0 saturated heterocycles. The minimum absolute atomic E-state index is 0.00929. The smallest absolute Gasteiger partial charge is 0.238 e. The summed E-state index contributed by atoms with van der Waals surface area (Å²) in [5.74, 6) is 2.62. The van der Waals surface area contributed by atoms with Crippen molar-refractivity contribution < 1.29 is 23.2 Å². The molecular formula is C20H23N3O5. The Morgan fingerprint density at radius 1 is 1.18 bits per heavy atom. The van der Waals surface area contributed by atoms with Gasteiger partial charge in [-0.25, -0.2) is 0 Å². The Hall–Kier alpha value is -3.29. The summed E-state index contributed by atoms with van der Waals surface area (Å²) in [5, 5.41) is 3.87. The van der Waals surface area contributed by atoms with Crippen LogP contribution in [-0.4, -0.2) is 41.7 Å². The highest BCUT2D eigenvalue weighted by Crippen LogP contribution is 2.28. The summed E-state index contributed by atoms with van der Waals surface area (Å²) in [7, 11) is 3.18. The van der Waals surface area contributed by atoms with Crippen LogP contribution in [0.4, 0.5) is 0 Å². The van der Waals surface area contributed by atoms with Crippen molar-refractivity contribution in [1.29, 1.82) is 0 Å². The fourth-order valence-corrected chi connectivity index (χ4v) is 2.81. The van der Waals surface area contributed by atoms with Crippen LogP contribution in [0, 0.1) is 0 Å². The number of rotatable bonds is 9. The van der Waals surface area contributed by atoms with Crippen LogP contribution in [0.25, 0.3) is 11.6 Å². The monoisotopic (exact) mass is 385 g/mol. The van der Waals surface area contributed by atoms with Gasteiger partial charge in [0.15, 0.2) is 17.3 Å². The predicted molar refractivity (Wildman–Crippen MR) is 101 cm³/mol. The fourth-order valence-electron chi connectivity index (χ4n) is 2.81. The third-order valence-electron chi connectivity index (χ3n) is 4.32. The van der Waals surface area contributed by atoms with E-state index >= 15 is 0 Å². The lowest BCUT2D eigenvalue weighted by molar-refractivity contribution is -0.131. The number of furan rings is 1. The third kappa shape index (κ3) is 4.51. The lowest BCUT2D eigenvalue weighted by Gasteiger charge is -2.21. The molecule has 0 spiro atoms. The van der Waals surface area contributed by atoms with Crippen molar-refractivity contribution in [3.8, 4) is 23.1 Å². The molecular weight excluding hydrogens is 362 g/mol. The molecule has 1 aromatic carbocycles. The van der Waals surface area contributed by atoms with Crippen molar-refractivity contribution in [1.82, 2.24) is 15.0 Å². The van der Waals surface area contributed by atoms with Gasteiger partial charge in [-0.15, -0.1) is 0 Å². The molecule has 8 heteroatoms. The van der Waals surface area contributed by atoms with Crippen molar-refractivity contribution in [3.63, 3.8) is 0 Å². The van der Waals surface area contributed by atoms with Crippen molar-refractivity contribution in [3.05, 3.63) is 48.0 Å². The maximum atomic E-state index is 12.6. The zero-order valence-corrected chi connectivity index (χ0v) is 16.2. The maximum Gasteiger partial charge on any atom is 0.238 e. The molecule has 3 rings (SSSR count). The van der Waals surface area contributed by atoms with Gasteiger partial charge >= 0.3 is 0 Å². The molecule has 0 atom stereocenters. The van der Waals surface area contributed by atoms with Crippen LogP contribution in [0.2, 0.25) is 0 Å². The van der Waals surface area contributed by atoms with Gasteiger partial charge in [-0.2, -0.15) is 4.98 Å². The average Bonchev–Trinajstić information content (AvgIpc) is 3.41. The number of ether oxygens (including phenoxy) is 2. The van der Waals surface area contributed by atoms with E-state index in [0.717, 1.165) is 5.56 Å². The number of benzene rings is 1. The lowest BCUT2D eigenvalue weighted by Crippen LogP contribution is -2.30. The van der Waals surface area contributed by atoms with Crippen LogP contribution >= 0.6 is 0 Å². The molecule has 0 radical (unpaired) electrons. The van der Waals surface area contributed by atoms with Crippen molar-refractivity contribution in [2.75, 3.05) is 20.8 Å². The quantitative estimate of drug-likeness (QED) is 0.558. The standard InChI is InChI=1S/C20H23N3O5/c1-4-23(13-14-7-8-15(25-2)17(12-14)26-3)19(24)10-9-18-21-20(22-28-18)16-6-5-11-27-16/h5-8,11-12H,4,9-10,13H2,1-3H3. The number of carbonyl (C=O) groups is 1. The highest BCUT2D eigenvalue weighted by atomic mass is 16.5. The Balaban J connectivity index is 1.59. The van der Waals surface area contributed by atoms with Gasteiger partial charge in [0.1, 0.15) is 0 Å². The molecule has 0 bridgehead atoms. The Morgan fingerprint density at radius 2 is 2.00 bits per heavy atom. The van der Waals surface area contributed by atoms with E-state index in [9.17, 15) is 4.79 Å². The predicted octanol–water partition coefficient (Wildman–Crippen LogP) is 3.33. The van der Waals surface area contributed by atoms with E-state index < -0.39 is 0 Å². The molecule has 3 aromatic rings. The van der Waals surface area contributed by atoms with E-state index in [0.29, 0.717) is 48.5 Å². The zero-order valence-electron chi connectivity index (χ0n) is 16.2. The fraction of sp³-hybridized carbons (Fsp3) is 0.350. The highest BCUT2D eigenvalue weighted by molar-refractivity contribution is 5.76. The molecule has 0 aliphatic carbocycles. The Labute approximate surface area is 163 Å². The number of nitrogens with zero attached hydrogens (tertiary/aromatic N) is 3. The number of hydrogen-bond acceptors (Lipinski definition) is 7. The summed E-state index contributed by atoms with van der Waals surface area (Å²) in [6, 6.07) is 9.14. The third-order valence-corrected chi connectivity index (χ3v) is 4.32. The van der Waals surface area contributed by atoms with Gasteiger partial charge < -0.3 is 23.3 Å². The Kier molecular flexibility index (Phi) is 6.31.